The lowest BCUT2D eigenvalue weighted by Gasteiger charge is -2.10. The molecule has 1 aromatic carbocycles. The molecule has 0 radical (unpaired) electrons. The average Bonchev–Trinajstić information content (AvgIpc) is 2.41. The van der Waals surface area contributed by atoms with Gasteiger partial charge in [0, 0.05) is 30.8 Å². The van der Waals surface area contributed by atoms with E-state index in [2.05, 4.69) is 17.6 Å². The Morgan fingerprint density at radius 1 is 1.25 bits per heavy atom. The van der Waals surface area contributed by atoms with Crippen molar-refractivity contribution in [3.63, 3.8) is 0 Å². The van der Waals surface area contributed by atoms with Crippen LogP contribution < -0.4 is 16.4 Å². The number of aryl methyl sites for hydroxylation is 1. The summed E-state index contributed by atoms with van der Waals surface area (Å²) >= 11 is 0. The summed E-state index contributed by atoms with van der Waals surface area (Å²) < 4.78 is 0. The van der Waals surface area contributed by atoms with Gasteiger partial charge in [-0.25, -0.2) is 0 Å². The van der Waals surface area contributed by atoms with E-state index in [0.717, 1.165) is 24.2 Å². The van der Waals surface area contributed by atoms with E-state index in [1.54, 1.807) is 0 Å². The molecule has 0 aromatic heterocycles. The minimum absolute atomic E-state index is 0.117. The van der Waals surface area contributed by atoms with Crippen LogP contribution in [0.5, 0.6) is 0 Å². The van der Waals surface area contributed by atoms with Gasteiger partial charge in [-0.3, -0.25) is 9.59 Å². The maximum Gasteiger partial charge on any atom is 0.251 e. The smallest absolute Gasteiger partial charge is 0.251 e. The largest absolute Gasteiger partial charge is 0.385 e. The summed E-state index contributed by atoms with van der Waals surface area (Å²) in [5, 5.41) is 6.07. The lowest BCUT2D eigenvalue weighted by Crippen LogP contribution is -2.26. The summed E-state index contributed by atoms with van der Waals surface area (Å²) in [6.07, 6.45) is 1.91. The van der Waals surface area contributed by atoms with Gasteiger partial charge in [-0.15, -0.1) is 0 Å². The Bertz CT molecular complexity index is 472. The van der Waals surface area contributed by atoms with Gasteiger partial charge in [0.25, 0.3) is 5.91 Å². The normalized spacial score (nSPS) is 10.1. The molecule has 110 valence electrons. The number of hydrogen-bond donors (Lipinski definition) is 3. The van der Waals surface area contributed by atoms with Crippen molar-refractivity contribution < 1.29 is 9.59 Å². The van der Waals surface area contributed by atoms with Crippen LogP contribution in [-0.4, -0.2) is 24.9 Å². The van der Waals surface area contributed by atoms with Crippen molar-refractivity contribution in [1.82, 2.24) is 5.32 Å². The van der Waals surface area contributed by atoms with Gasteiger partial charge in [-0.2, -0.15) is 0 Å². The number of primary amides is 1. The van der Waals surface area contributed by atoms with Gasteiger partial charge in [0.15, 0.2) is 0 Å². The van der Waals surface area contributed by atoms with Crippen molar-refractivity contribution in [2.24, 2.45) is 5.73 Å². The van der Waals surface area contributed by atoms with Crippen molar-refractivity contribution in [2.75, 3.05) is 18.4 Å². The highest BCUT2D eigenvalue weighted by Crippen LogP contribution is 2.15. The molecule has 5 nitrogen and oxygen atoms in total. The highest BCUT2D eigenvalue weighted by Gasteiger charge is 2.08. The number of carbonyl (C=O) groups is 2. The summed E-state index contributed by atoms with van der Waals surface area (Å²) in [7, 11) is 0. The number of carbonyl (C=O) groups excluding carboxylic acids is 2. The second kappa shape index (κ2) is 8.19. The van der Waals surface area contributed by atoms with Crippen LogP contribution in [0.3, 0.4) is 0 Å². The first-order valence-electron chi connectivity index (χ1n) is 6.95. The Morgan fingerprint density at radius 2 is 2.00 bits per heavy atom. The molecule has 2 amide bonds. The lowest BCUT2D eigenvalue weighted by atomic mass is 10.1. The summed E-state index contributed by atoms with van der Waals surface area (Å²) in [4.78, 5) is 22.6. The highest BCUT2D eigenvalue weighted by atomic mass is 16.2. The van der Waals surface area contributed by atoms with E-state index < -0.39 is 0 Å². The molecular weight excluding hydrogens is 254 g/mol. The zero-order valence-electron chi connectivity index (χ0n) is 12.2. The highest BCUT2D eigenvalue weighted by molar-refractivity contribution is 5.96. The number of nitrogens with one attached hydrogen (secondary N) is 2. The maximum absolute atomic E-state index is 12.0. The third-order valence-electron chi connectivity index (χ3n) is 2.94. The van der Waals surface area contributed by atoms with Crippen LogP contribution >= 0.6 is 0 Å². The summed E-state index contributed by atoms with van der Waals surface area (Å²) in [6, 6.07) is 5.69. The summed E-state index contributed by atoms with van der Waals surface area (Å²) in [5.74, 6) is -0.462. The molecule has 0 saturated heterocycles. The monoisotopic (exact) mass is 277 g/mol. The summed E-state index contributed by atoms with van der Waals surface area (Å²) in [5.41, 5.74) is 7.65. The van der Waals surface area contributed by atoms with Crippen LogP contribution in [0.15, 0.2) is 18.2 Å². The number of hydrogen-bond acceptors (Lipinski definition) is 3. The number of amides is 2. The van der Waals surface area contributed by atoms with Gasteiger partial charge in [-0.1, -0.05) is 6.92 Å². The van der Waals surface area contributed by atoms with Gasteiger partial charge < -0.3 is 16.4 Å². The fourth-order valence-corrected chi connectivity index (χ4v) is 1.86. The third kappa shape index (κ3) is 5.30. The second-order valence-electron chi connectivity index (χ2n) is 4.78. The minimum Gasteiger partial charge on any atom is -0.385 e. The molecule has 1 aromatic rings. The van der Waals surface area contributed by atoms with E-state index in [9.17, 15) is 9.59 Å². The van der Waals surface area contributed by atoms with Gasteiger partial charge in [-0.05, 0) is 43.5 Å². The predicted octanol–water partition coefficient (Wildman–Crippen LogP) is 1.81. The topological polar surface area (TPSA) is 84.2 Å². The number of nitrogens with two attached hydrogens (primary N) is 1. The molecule has 0 atom stereocenters. The fraction of sp³-hybridized carbons (Fsp3) is 0.467. The fourth-order valence-electron chi connectivity index (χ4n) is 1.86. The van der Waals surface area contributed by atoms with Crippen LogP contribution in [-0.2, 0) is 4.79 Å². The van der Waals surface area contributed by atoms with Crippen molar-refractivity contribution in [3.05, 3.63) is 29.3 Å². The summed E-state index contributed by atoms with van der Waals surface area (Å²) in [6.45, 7) is 5.39. The van der Waals surface area contributed by atoms with E-state index in [1.165, 1.54) is 0 Å². The molecule has 0 heterocycles. The van der Waals surface area contributed by atoms with Gasteiger partial charge >= 0.3 is 0 Å². The van der Waals surface area contributed by atoms with E-state index >= 15 is 0 Å². The first-order chi connectivity index (χ1) is 9.54. The van der Waals surface area contributed by atoms with Crippen molar-refractivity contribution >= 4 is 17.5 Å². The molecule has 20 heavy (non-hydrogen) atoms. The van der Waals surface area contributed by atoms with Crippen molar-refractivity contribution in [3.8, 4) is 0 Å². The van der Waals surface area contributed by atoms with Crippen LogP contribution in [0.4, 0.5) is 5.69 Å². The Kier molecular flexibility index (Phi) is 6.56. The zero-order valence-corrected chi connectivity index (χ0v) is 12.2. The van der Waals surface area contributed by atoms with Crippen molar-refractivity contribution in [1.29, 1.82) is 0 Å². The molecule has 0 spiro atoms. The van der Waals surface area contributed by atoms with Crippen LogP contribution in [0.1, 0.15) is 42.1 Å². The first-order valence-corrected chi connectivity index (χ1v) is 6.95. The lowest BCUT2D eigenvalue weighted by molar-refractivity contribution is -0.118. The van der Waals surface area contributed by atoms with E-state index in [-0.39, 0.29) is 11.8 Å². The van der Waals surface area contributed by atoms with E-state index in [1.807, 2.05) is 25.1 Å². The van der Waals surface area contributed by atoms with Crippen LogP contribution in [0, 0.1) is 6.92 Å². The maximum atomic E-state index is 12.0. The zero-order chi connectivity index (χ0) is 15.0. The molecule has 1 rings (SSSR count). The third-order valence-corrected chi connectivity index (χ3v) is 2.94. The quantitative estimate of drug-likeness (QED) is 0.634. The van der Waals surface area contributed by atoms with Gasteiger partial charge in [0.2, 0.25) is 5.91 Å². The molecule has 0 aliphatic rings. The molecular formula is C15H23N3O2. The molecule has 0 saturated carbocycles. The Balaban J connectivity index is 2.53. The minimum atomic E-state index is -0.346. The van der Waals surface area contributed by atoms with E-state index in [4.69, 9.17) is 5.73 Å². The number of benzene rings is 1. The molecule has 0 fully saturated rings. The SMILES string of the molecule is CCCNc1ccc(C(=O)NCCCC(N)=O)c(C)c1. The molecule has 4 N–H and O–H groups in total. The predicted molar refractivity (Wildman–Crippen MR) is 80.7 cm³/mol. The standard InChI is InChI=1S/C15H23N3O2/c1-3-8-17-12-6-7-13(11(2)10-12)15(20)18-9-4-5-14(16)19/h6-7,10,17H,3-5,8-9H2,1-2H3,(H2,16,19)(H,18,20). The molecule has 0 unspecified atom stereocenters. The Morgan fingerprint density at radius 3 is 2.60 bits per heavy atom. The second-order valence-corrected chi connectivity index (χ2v) is 4.78. The Hall–Kier alpha value is -2.04. The van der Waals surface area contributed by atoms with E-state index in [0.29, 0.717) is 24.9 Å². The number of rotatable bonds is 8. The van der Waals surface area contributed by atoms with Gasteiger partial charge in [0.1, 0.15) is 0 Å². The van der Waals surface area contributed by atoms with Crippen LogP contribution in [0.2, 0.25) is 0 Å². The molecule has 0 aliphatic carbocycles. The Labute approximate surface area is 119 Å². The van der Waals surface area contributed by atoms with Crippen LogP contribution in [0.25, 0.3) is 0 Å². The number of anilines is 1. The van der Waals surface area contributed by atoms with Gasteiger partial charge in [0.05, 0.1) is 0 Å². The molecule has 0 aliphatic heterocycles. The molecule has 0 bridgehead atoms. The molecule has 5 heteroatoms. The van der Waals surface area contributed by atoms with Crippen molar-refractivity contribution in [2.45, 2.75) is 33.1 Å². The average molecular weight is 277 g/mol. The first kappa shape index (κ1) is 16.0.